The summed E-state index contributed by atoms with van der Waals surface area (Å²) in [6.45, 7) is 7.68. The van der Waals surface area contributed by atoms with E-state index in [1.54, 1.807) is 0 Å². The Hall–Kier alpha value is -2.84. The summed E-state index contributed by atoms with van der Waals surface area (Å²) in [5.74, 6) is 0.948. The lowest BCUT2D eigenvalue weighted by atomic mass is 10.1. The standard InChI is InChI=1S/C25H29N5O2S/c1-18-16-21-10-6-7-11-22(21)30(18)23(31)19(2)33-25-27-26-24(28-12-14-32-15-13-28)29(25)17-20-8-4-3-5-9-20/h3-11,18-19H,12-17H2,1-2H3/t18-,19+/m0/s1. The van der Waals surface area contributed by atoms with Gasteiger partial charge in [0.25, 0.3) is 0 Å². The summed E-state index contributed by atoms with van der Waals surface area (Å²) in [5.41, 5.74) is 3.44. The molecule has 0 aliphatic carbocycles. The van der Waals surface area contributed by atoms with Crippen molar-refractivity contribution >= 4 is 29.3 Å². The van der Waals surface area contributed by atoms with Gasteiger partial charge >= 0.3 is 0 Å². The Kier molecular flexibility index (Phi) is 6.37. The lowest BCUT2D eigenvalue weighted by Crippen LogP contribution is -2.40. The first kappa shape index (κ1) is 22.0. The van der Waals surface area contributed by atoms with Gasteiger partial charge in [-0.2, -0.15) is 0 Å². The van der Waals surface area contributed by atoms with E-state index in [1.165, 1.54) is 22.9 Å². The van der Waals surface area contributed by atoms with Crippen LogP contribution in [0.25, 0.3) is 0 Å². The number of hydrogen-bond acceptors (Lipinski definition) is 6. The average Bonchev–Trinajstić information content (AvgIpc) is 3.39. The molecule has 0 bridgehead atoms. The third-order valence-corrected chi connectivity index (χ3v) is 7.32. The Morgan fingerprint density at radius 1 is 1.09 bits per heavy atom. The van der Waals surface area contributed by atoms with E-state index >= 15 is 0 Å². The van der Waals surface area contributed by atoms with Crippen LogP contribution in [0.1, 0.15) is 25.0 Å². The Morgan fingerprint density at radius 2 is 1.82 bits per heavy atom. The molecule has 1 saturated heterocycles. The number of para-hydroxylation sites is 1. The van der Waals surface area contributed by atoms with Gasteiger partial charge in [0, 0.05) is 24.8 Å². The van der Waals surface area contributed by atoms with E-state index in [4.69, 9.17) is 4.74 Å². The minimum atomic E-state index is -0.283. The van der Waals surface area contributed by atoms with E-state index in [9.17, 15) is 4.79 Å². The molecule has 172 valence electrons. The Morgan fingerprint density at radius 3 is 2.61 bits per heavy atom. The first-order valence-electron chi connectivity index (χ1n) is 11.5. The van der Waals surface area contributed by atoms with Gasteiger partial charge in [-0.25, -0.2) is 0 Å². The highest BCUT2D eigenvalue weighted by atomic mass is 32.2. The highest BCUT2D eigenvalue weighted by Crippen LogP contribution is 2.35. The minimum Gasteiger partial charge on any atom is -0.378 e. The number of aromatic nitrogens is 3. The third kappa shape index (κ3) is 4.50. The summed E-state index contributed by atoms with van der Waals surface area (Å²) < 4.78 is 7.66. The Balaban J connectivity index is 1.40. The van der Waals surface area contributed by atoms with E-state index in [2.05, 4.69) is 44.8 Å². The molecule has 0 unspecified atom stereocenters. The van der Waals surface area contributed by atoms with Crippen LogP contribution in [0.5, 0.6) is 0 Å². The third-order valence-electron chi connectivity index (χ3n) is 6.25. The van der Waals surface area contributed by atoms with Crippen LogP contribution in [0.15, 0.2) is 59.8 Å². The molecular weight excluding hydrogens is 434 g/mol. The number of amides is 1. The van der Waals surface area contributed by atoms with Crippen LogP contribution < -0.4 is 9.80 Å². The zero-order valence-corrected chi connectivity index (χ0v) is 19.9. The molecule has 33 heavy (non-hydrogen) atoms. The number of carbonyl (C=O) groups is 1. The second kappa shape index (κ2) is 9.57. The number of benzene rings is 2. The predicted molar refractivity (Wildman–Crippen MR) is 131 cm³/mol. The molecule has 1 aromatic heterocycles. The summed E-state index contributed by atoms with van der Waals surface area (Å²) in [6.07, 6.45) is 0.894. The number of rotatable bonds is 6. The number of fused-ring (bicyclic) bond motifs is 1. The van der Waals surface area contributed by atoms with Crippen molar-refractivity contribution in [2.45, 2.75) is 43.3 Å². The van der Waals surface area contributed by atoms with Crippen molar-refractivity contribution < 1.29 is 9.53 Å². The van der Waals surface area contributed by atoms with Gasteiger partial charge in [0.05, 0.1) is 25.0 Å². The molecule has 1 fully saturated rings. The van der Waals surface area contributed by atoms with E-state index in [1.807, 2.05) is 48.2 Å². The van der Waals surface area contributed by atoms with E-state index < -0.39 is 0 Å². The molecule has 3 aromatic rings. The number of hydrogen-bond donors (Lipinski definition) is 0. The van der Waals surface area contributed by atoms with Gasteiger partial charge < -0.3 is 14.5 Å². The lowest BCUT2D eigenvalue weighted by molar-refractivity contribution is -0.118. The van der Waals surface area contributed by atoms with Gasteiger partial charge in [0.2, 0.25) is 11.9 Å². The van der Waals surface area contributed by atoms with Gasteiger partial charge in [-0.1, -0.05) is 60.3 Å². The summed E-state index contributed by atoms with van der Waals surface area (Å²) >= 11 is 1.49. The van der Waals surface area contributed by atoms with E-state index in [0.29, 0.717) is 19.8 Å². The zero-order chi connectivity index (χ0) is 22.8. The predicted octanol–water partition coefficient (Wildman–Crippen LogP) is 3.62. The second-order valence-electron chi connectivity index (χ2n) is 8.60. The van der Waals surface area contributed by atoms with Crippen molar-refractivity contribution in [2.75, 3.05) is 36.1 Å². The van der Waals surface area contributed by atoms with Crippen molar-refractivity contribution in [1.82, 2.24) is 14.8 Å². The molecule has 2 aromatic carbocycles. The normalized spacial score (nSPS) is 18.9. The molecule has 0 N–H and O–H groups in total. The maximum Gasteiger partial charge on any atom is 0.240 e. The molecule has 8 heteroatoms. The largest absolute Gasteiger partial charge is 0.378 e. The average molecular weight is 464 g/mol. The molecule has 0 saturated carbocycles. The van der Waals surface area contributed by atoms with Crippen molar-refractivity contribution in [3.63, 3.8) is 0 Å². The highest BCUT2D eigenvalue weighted by molar-refractivity contribution is 8.00. The van der Waals surface area contributed by atoms with Crippen molar-refractivity contribution in [2.24, 2.45) is 0 Å². The Bertz CT molecular complexity index is 1110. The molecule has 2 atom stereocenters. The maximum atomic E-state index is 13.5. The number of anilines is 2. The Labute approximate surface area is 198 Å². The molecule has 2 aliphatic rings. The van der Waals surface area contributed by atoms with E-state index in [0.717, 1.165) is 36.3 Å². The van der Waals surface area contributed by atoms with Crippen molar-refractivity contribution in [1.29, 1.82) is 0 Å². The molecular formula is C25H29N5O2S. The molecule has 7 nitrogen and oxygen atoms in total. The monoisotopic (exact) mass is 463 g/mol. The smallest absolute Gasteiger partial charge is 0.240 e. The summed E-state index contributed by atoms with van der Waals surface area (Å²) in [6, 6.07) is 18.7. The zero-order valence-electron chi connectivity index (χ0n) is 19.1. The number of ether oxygens (including phenoxy) is 1. The second-order valence-corrected chi connectivity index (χ2v) is 9.91. The van der Waals surface area contributed by atoms with Gasteiger partial charge in [0.15, 0.2) is 5.16 Å². The molecule has 0 spiro atoms. The topological polar surface area (TPSA) is 63.5 Å². The van der Waals surface area contributed by atoms with E-state index in [-0.39, 0.29) is 17.2 Å². The number of morpholine rings is 1. The molecule has 2 aliphatic heterocycles. The van der Waals surface area contributed by atoms with Crippen LogP contribution in [-0.4, -0.2) is 58.3 Å². The maximum absolute atomic E-state index is 13.5. The highest BCUT2D eigenvalue weighted by Gasteiger charge is 2.34. The van der Waals surface area contributed by atoms with Gasteiger partial charge in [-0.05, 0) is 37.5 Å². The quantitative estimate of drug-likeness (QED) is 0.521. The fraction of sp³-hybridized carbons (Fsp3) is 0.400. The molecule has 1 amide bonds. The summed E-state index contributed by atoms with van der Waals surface area (Å²) in [7, 11) is 0. The van der Waals surface area contributed by atoms with Crippen LogP contribution in [0, 0.1) is 0 Å². The van der Waals surface area contributed by atoms with Gasteiger partial charge in [-0.3, -0.25) is 9.36 Å². The van der Waals surface area contributed by atoms with Crippen LogP contribution in [-0.2, 0) is 22.5 Å². The number of thioether (sulfide) groups is 1. The van der Waals surface area contributed by atoms with Gasteiger partial charge in [0.1, 0.15) is 0 Å². The molecule has 5 rings (SSSR count). The molecule has 3 heterocycles. The summed E-state index contributed by atoms with van der Waals surface area (Å²) in [5, 5.41) is 9.54. The van der Waals surface area contributed by atoms with Crippen molar-refractivity contribution in [3.8, 4) is 0 Å². The minimum absolute atomic E-state index is 0.111. The fourth-order valence-corrected chi connectivity index (χ4v) is 5.47. The SMILES string of the molecule is C[C@@H](Sc1nnc(N2CCOCC2)n1Cc1ccccc1)C(=O)N1c2ccccc2C[C@@H]1C. The first-order chi connectivity index (χ1) is 16.1. The van der Waals surface area contributed by atoms with Crippen LogP contribution in [0.4, 0.5) is 11.6 Å². The lowest BCUT2D eigenvalue weighted by Gasteiger charge is -2.28. The van der Waals surface area contributed by atoms with Crippen molar-refractivity contribution in [3.05, 3.63) is 65.7 Å². The first-order valence-corrected chi connectivity index (χ1v) is 12.4. The fourth-order valence-electron chi connectivity index (χ4n) is 4.58. The number of nitrogens with zero attached hydrogens (tertiary/aromatic N) is 5. The molecule has 0 radical (unpaired) electrons. The summed E-state index contributed by atoms with van der Waals surface area (Å²) in [4.78, 5) is 17.7. The van der Waals surface area contributed by atoms with Gasteiger partial charge in [-0.15, -0.1) is 10.2 Å². The van der Waals surface area contributed by atoms with Crippen LogP contribution >= 0.6 is 11.8 Å². The number of carbonyl (C=O) groups excluding carboxylic acids is 1. The van der Waals surface area contributed by atoms with Crippen LogP contribution in [0.3, 0.4) is 0 Å². The van der Waals surface area contributed by atoms with Crippen LogP contribution in [0.2, 0.25) is 0 Å².